The summed E-state index contributed by atoms with van der Waals surface area (Å²) < 4.78 is 24.1. The lowest BCUT2D eigenvalue weighted by atomic mass is 10.2. The molecule has 128 valence electrons. The number of hydrogen-bond acceptors (Lipinski definition) is 4. The molecular weight excluding hydrogens is 327 g/mol. The summed E-state index contributed by atoms with van der Waals surface area (Å²) in [4.78, 5) is 12.2. The van der Waals surface area contributed by atoms with Crippen LogP contribution in [0.2, 0.25) is 0 Å². The molecule has 0 saturated carbocycles. The molecule has 2 aromatic carbocycles. The van der Waals surface area contributed by atoms with Crippen molar-refractivity contribution in [2.75, 3.05) is 6.61 Å². The first-order valence-corrected chi connectivity index (χ1v) is 8.81. The Labute approximate surface area is 146 Å². The van der Waals surface area contributed by atoms with Gasteiger partial charge in [0, 0.05) is 0 Å². The molecule has 0 aliphatic carbocycles. The van der Waals surface area contributed by atoms with Crippen molar-refractivity contribution in [2.45, 2.75) is 37.5 Å². The van der Waals surface area contributed by atoms with E-state index in [2.05, 4.69) is 6.92 Å². The predicted molar refractivity (Wildman–Crippen MR) is 93.8 cm³/mol. The lowest BCUT2D eigenvalue weighted by molar-refractivity contribution is 0.0768. The molecule has 0 bridgehead atoms. The summed E-state index contributed by atoms with van der Waals surface area (Å²) in [5.41, 5.74) is 0.400. The first-order chi connectivity index (χ1) is 11.7. The fraction of sp³-hybridized carbons (Fsp3) is 0.316. The van der Waals surface area contributed by atoms with E-state index in [0.29, 0.717) is 12.2 Å². The molecular formula is C19H21FO3S. The Kier molecular flexibility index (Phi) is 7.62. The molecule has 0 radical (unpaired) electrons. The van der Waals surface area contributed by atoms with E-state index in [0.717, 1.165) is 30.6 Å². The molecule has 0 heterocycles. The Morgan fingerprint density at radius 3 is 2.50 bits per heavy atom. The van der Waals surface area contributed by atoms with Crippen LogP contribution < -0.4 is 4.74 Å². The number of carbonyl (C=O) groups is 1. The van der Waals surface area contributed by atoms with Crippen LogP contribution in [0.25, 0.3) is 0 Å². The van der Waals surface area contributed by atoms with Gasteiger partial charge in [0.05, 0.1) is 29.1 Å². The molecule has 0 saturated heterocycles. The van der Waals surface area contributed by atoms with Crippen LogP contribution in [0.3, 0.4) is 0 Å². The van der Waals surface area contributed by atoms with Gasteiger partial charge < -0.3 is 8.92 Å². The molecule has 0 aliphatic heterocycles. The Morgan fingerprint density at radius 1 is 1.04 bits per heavy atom. The molecule has 2 rings (SSSR count). The van der Waals surface area contributed by atoms with Crippen LogP contribution in [0.5, 0.6) is 5.75 Å². The van der Waals surface area contributed by atoms with E-state index < -0.39 is 11.8 Å². The van der Waals surface area contributed by atoms with Crippen molar-refractivity contribution in [1.82, 2.24) is 0 Å². The minimum atomic E-state index is -0.516. The Bertz CT molecular complexity index is 643. The summed E-state index contributed by atoms with van der Waals surface area (Å²) in [6.45, 7) is 2.84. The monoisotopic (exact) mass is 348 g/mol. The minimum absolute atomic E-state index is 0.276. The third-order valence-electron chi connectivity index (χ3n) is 3.40. The summed E-state index contributed by atoms with van der Waals surface area (Å²) in [7, 11) is 0. The first-order valence-electron chi connectivity index (χ1n) is 8.07. The van der Waals surface area contributed by atoms with Gasteiger partial charge in [-0.3, -0.25) is 0 Å². The maximum atomic E-state index is 13.5. The van der Waals surface area contributed by atoms with E-state index in [1.54, 1.807) is 42.5 Å². The second-order valence-corrected chi connectivity index (χ2v) is 6.09. The van der Waals surface area contributed by atoms with Crippen LogP contribution in [0.1, 0.15) is 43.0 Å². The summed E-state index contributed by atoms with van der Waals surface area (Å²) >= 11 is 0.720. The second kappa shape index (κ2) is 9.98. The number of carbonyl (C=O) groups excluding carboxylic acids is 1. The fourth-order valence-electron chi connectivity index (χ4n) is 2.05. The normalized spacial score (nSPS) is 10.4. The highest BCUT2D eigenvalue weighted by Gasteiger charge is 2.10. The number of benzene rings is 2. The van der Waals surface area contributed by atoms with Gasteiger partial charge in [-0.1, -0.05) is 38.3 Å². The highest BCUT2D eigenvalue weighted by Crippen LogP contribution is 2.24. The van der Waals surface area contributed by atoms with Gasteiger partial charge in [-0.15, -0.1) is 0 Å². The van der Waals surface area contributed by atoms with Crippen molar-refractivity contribution in [3.05, 3.63) is 59.9 Å². The van der Waals surface area contributed by atoms with Crippen molar-refractivity contribution >= 4 is 18.0 Å². The molecule has 0 unspecified atom stereocenters. The zero-order valence-electron chi connectivity index (χ0n) is 13.7. The standard InChI is InChI=1S/C19H21FO3S/c1-2-3-4-7-14-22-16-12-10-15(11-13-16)19(21)23-24-18-9-6-5-8-17(18)20/h5-6,8-13H,2-4,7,14H2,1H3. The van der Waals surface area contributed by atoms with Crippen LogP contribution in [-0.4, -0.2) is 12.6 Å². The summed E-state index contributed by atoms with van der Waals surface area (Å²) in [6, 6.07) is 12.9. The maximum Gasteiger partial charge on any atom is 0.350 e. The van der Waals surface area contributed by atoms with E-state index >= 15 is 0 Å². The van der Waals surface area contributed by atoms with Gasteiger partial charge >= 0.3 is 5.97 Å². The van der Waals surface area contributed by atoms with Crippen LogP contribution in [0, 0.1) is 5.82 Å². The van der Waals surface area contributed by atoms with Gasteiger partial charge in [-0.05, 0) is 42.8 Å². The topological polar surface area (TPSA) is 35.5 Å². The van der Waals surface area contributed by atoms with Gasteiger partial charge in [-0.2, -0.15) is 0 Å². The Morgan fingerprint density at radius 2 is 1.79 bits per heavy atom. The Hall–Kier alpha value is -2.01. The smallest absolute Gasteiger partial charge is 0.350 e. The quantitative estimate of drug-likeness (QED) is 0.433. The molecule has 0 aliphatic rings. The molecule has 0 fully saturated rings. The predicted octanol–water partition coefficient (Wildman–Crippen LogP) is 5.65. The molecule has 24 heavy (non-hydrogen) atoms. The van der Waals surface area contributed by atoms with E-state index in [-0.39, 0.29) is 4.90 Å². The van der Waals surface area contributed by atoms with Gasteiger partial charge in [0.25, 0.3) is 0 Å². The third kappa shape index (κ3) is 5.89. The summed E-state index contributed by atoms with van der Waals surface area (Å²) in [5, 5.41) is 0. The van der Waals surface area contributed by atoms with E-state index in [9.17, 15) is 9.18 Å². The molecule has 5 heteroatoms. The zero-order chi connectivity index (χ0) is 17.2. The lowest BCUT2D eigenvalue weighted by Gasteiger charge is -2.07. The molecule has 2 aromatic rings. The molecule has 0 atom stereocenters. The number of ether oxygens (including phenoxy) is 1. The van der Waals surface area contributed by atoms with Crippen LogP contribution in [0.15, 0.2) is 53.4 Å². The molecule has 0 N–H and O–H groups in total. The van der Waals surface area contributed by atoms with E-state index in [4.69, 9.17) is 8.92 Å². The highest BCUT2D eigenvalue weighted by atomic mass is 32.2. The van der Waals surface area contributed by atoms with Crippen molar-refractivity contribution in [1.29, 1.82) is 0 Å². The summed E-state index contributed by atoms with van der Waals surface area (Å²) in [6.07, 6.45) is 4.60. The maximum absolute atomic E-state index is 13.5. The average molecular weight is 348 g/mol. The van der Waals surface area contributed by atoms with Crippen LogP contribution in [0.4, 0.5) is 4.39 Å². The van der Waals surface area contributed by atoms with Crippen LogP contribution >= 0.6 is 12.0 Å². The van der Waals surface area contributed by atoms with Gasteiger partial charge in [0.1, 0.15) is 11.6 Å². The number of rotatable bonds is 9. The molecule has 0 amide bonds. The number of halogens is 1. The lowest BCUT2D eigenvalue weighted by Crippen LogP contribution is -2.01. The number of unbranched alkanes of at least 4 members (excludes halogenated alkanes) is 3. The molecule has 0 spiro atoms. The van der Waals surface area contributed by atoms with Gasteiger partial charge in [0.15, 0.2) is 0 Å². The molecule has 3 nitrogen and oxygen atoms in total. The number of hydrogen-bond donors (Lipinski definition) is 0. The Balaban J connectivity index is 1.79. The van der Waals surface area contributed by atoms with Crippen molar-refractivity contribution in [3.8, 4) is 5.75 Å². The zero-order valence-corrected chi connectivity index (χ0v) is 14.5. The fourth-order valence-corrected chi connectivity index (χ4v) is 2.59. The third-order valence-corrected chi connectivity index (χ3v) is 4.15. The highest BCUT2D eigenvalue weighted by molar-refractivity contribution is 7.95. The second-order valence-electron chi connectivity index (χ2n) is 5.32. The van der Waals surface area contributed by atoms with Gasteiger partial charge in [-0.25, -0.2) is 9.18 Å². The van der Waals surface area contributed by atoms with Gasteiger partial charge in [0.2, 0.25) is 0 Å². The van der Waals surface area contributed by atoms with Crippen LogP contribution in [-0.2, 0) is 4.18 Å². The van der Waals surface area contributed by atoms with Crippen molar-refractivity contribution in [3.63, 3.8) is 0 Å². The van der Waals surface area contributed by atoms with E-state index in [1.165, 1.54) is 18.9 Å². The van der Waals surface area contributed by atoms with E-state index in [1.807, 2.05) is 0 Å². The SMILES string of the molecule is CCCCCCOc1ccc(C(=O)OSc2ccccc2F)cc1. The van der Waals surface area contributed by atoms with Crippen molar-refractivity contribution in [2.24, 2.45) is 0 Å². The molecule has 0 aromatic heterocycles. The first kappa shape index (κ1) is 18.3. The van der Waals surface area contributed by atoms with Crippen molar-refractivity contribution < 1.29 is 18.1 Å². The minimum Gasteiger partial charge on any atom is -0.494 e. The average Bonchev–Trinajstić information content (AvgIpc) is 2.61. The largest absolute Gasteiger partial charge is 0.494 e. The summed E-state index contributed by atoms with van der Waals surface area (Å²) in [5.74, 6) is -0.204.